The zero-order chi connectivity index (χ0) is 23.2. The molecular formula is C29H26N2O2S. The third kappa shape index (κ3) is 5.28. The molecule has 1 aliphatic heterocycles. The summed E-state index contributed by atoms with van der Waals surface area (Å²) in [4.78, 5) is 16.7. The summed E-state index contributed by atoms with van der Waals surface area (Å²) in [6, 6.07) is 30.5. The molecule has 0 spiro atoms. The fraction of sp³-hybridized carbons (Fsp3) is 0.138. The molecular weight excluding hydrogens is 440 g/mol. The second kappa shape index (κ2) is 10.5. The Morgan fingerprint density at radius 2 is 1.53 bits per heavy atom. The van der Waals surface area contributed by atoms with Crippen molar-refractivity contribution in [2.75, 3.05) is 36.5 Å². The van der Waals surface area contributed by atoms with Crippen LogP contribution in [0.3, 0.4) is 0 Å². The molecule has 0 bridgehead atoms. The van der Waals surface area contributed by atoms with Crippen LogP contribution in [0.5, 0.6) is 0 Å². The van der Waals surface area contributed by atoms with E-state index >= 15 is 0 Å². The lowest BCUT2D eigenvalue weighted by Crippen LogP contribution is -2.36. The van der Waals surface area contributed by atoms with E-state index in [2.05, 4.69) is 46.6 Å². The van der Waals surface area contributed by atoms with Gasteiger partial charge in [-0.25, -0.2) is 0 Å². The van der Waals surface area contributed by atoms with Crippen LogP contribution in [0.25, 0.3) is 22.8 Å². The van der Waals surface area contributed by atoms with Gasteiger partial charge in [0.1, 0.15) is 0 Å². The molecule has 4 nitrogen and oxygen atoms in total. The van der Waals surface area contributed by atoms with Gasteiger partial charge in [-0.2, -0.15) is 0 Å². The smallest absolute Gasteiger partial charge is 0.256 e. The molecule has 1 aliphatic rings. The molecule has 3 aromatic carbocycles. The predicted molar refractivity (Wildman–Crippen MR) is 142 cm³/mol. The highest BCUT2D eigenvalue weighted by molar-refractivity contribution is 7.11. The van der Waals surface area contributed by atoms with E-state index in [0.717, 1.165) is 59.2 Å². The van der Waals surface area contributed by atoms with Crippen LogP contribution in [0, 0.1) is 0 Å². The number of carbonyl (C=O) groups is 1. The summed E-state index contributed by atoms with van der Waals surface area (Å²) < 4.78 is 5.44. The minimum Gasteiger partial charge on any atom is -0.378 e. The van der Waals surface area contributed by atoms with Gasteiger partial charge in [0.05, 0.1) is 13.2 Å². The number of rotatable bonds is 6. The first kappa shape index (κ1) is 22.1. The number of amides is 1. The molecule has 1 fully saturated rings. The molecule has 34 heavy (non-hydrogen) atoms. The zero-order valence-corrected chi connectivity index (χ0v) is 19.6. The molecule has 1 amide bonds. The Bertz CT molecular complexity index is 1240. The molecule has 0 saturated carbocycles. The highest BCUT2D eigenvalue weighted by Crippen LogP contribution is 2.27. The molecule has 1 saturated heterocycles. The van der Waals surface area contributed by atoms with Crippen LogP contribution in [0.4, 0.5) is 11.4 Å². The minimum absolute atomic E-state index is 0.125. The monoisotopic (exact) mass is 466 g/mol. The van der Waals surface area contributed by atoms with Crippen molar-refractivity contribution in [3.05, 3.63) is 107 Å². The molecule has 0 radical (unpaired) electrons. The number of hydrogen-bond donors (Lipinski definition) is 1. The molecule has 0 unspecified atom stereocenters. The summed E-state index contributed by atoms with van der Waals surface area (Å²) >= 11 is 1.62. The Hall–Kier alpha value is -3.67. The topological polar surface area (TPSA) is 41.6 Å². The second-order valence-corrected chi connectivity index (χ2v) is 9.10. The van der Waals surface area contributed by atoms with Crippen molar-refractivity contribution in [2.45, 2.75) is 0 Å². The van der Waals surface area contributed by atoms with Gasteiger partial charge in [0.15, 0.2) is 0 Å². The summed E-state index contributed by atoms with van der Waals surface area (Å²) in [6.07, 6.45) is 1.96. The summed E-state index contributed by atoms with van der Waals surface area (Å²) in [5.41, 5.74) is 5.73. The molecule has 0 aliphatic carbocycles. The highest BCUT2D eigenvalue weighted by atomic mass is 32.1. The maximum absolute atomic E-state index is 13.4. The number of morpholine rings is 1. The van der Waals surface area contributed by atoms with E-state index in [1.165, 1.54) is 0 Å². The van der Waals surface area contributed by atoms with Gasteiger partial charge in [-0.15, -0.1) is 11.3 Å². The number of carbonyl (C=O) groups excluding carboxylic acids is 1. The van der Waals surface area contributed by atoms with Gasteiger partial charge >= 0.3 is 0 Å². The molecule has 4 aromatic rings. The van der Waals surface area contributed by atoms with Gasteiger partial charge in [0.25, 0.3) is 5.91 Å². The van der Waals surface area contributed by atoms with Crippen molar-refractivity contribution >= 4 is 40.3 Å². The number of ether oxygens (including phenoxy) is 1. The van der Waals surface area contributed by atoms with Crippen LogP contribution in [-0.4, -0.2) is 32.2 Å². The van der Waals surface area contributed by atoms with Crippen LogP contribution >= 0.6 is 11.3 Å². The predicted octanol–water partition coefficient (Wildman–Crippen LogP) is 6.43. The average Bonchev–Trinajstić information content (AvgIpc) is 3.42. The Morgan fingerprint density at radius 3 is 2.21 bits per heavy atom. The zero-order valence-electron chi connectivity index (χ0n) is 18.8. The number of nitrogens with zero attached hydrogens (tertiary/aromatic N) is 1. The Labute approximate surface area is 204 Å². The van der Waals surface area contributed by atoms with E-state index in [1.807, 2.05) is 66.1 Å². The second-order valence-electron chi connectivity index (χ2n) is 8.12. The fourth-order valence-electron chi connectivity index (χ4n) is 4.04. The Morgan fingerprint density at radius 1 is 0.824 bits per heavy atom. The summed E-state index contributed by atoms with van der Waals surface area (Å²) in [7, 11) is 0. The van der Waals surface area contributed by atoms with Crippen molar-refractivity contribution < 1.29 is 9.53 Å². The largest absolute Gasteiger partial charge is 0.378 e. The number of thiophene rings is 1. The normalized spacial score (nSPS) is 14.1. The summed E-state index contributed by atoms with van der Waals surface area (Å²) in [5.74, 6) is -0.125. The fourth-order valence-corrected chi connectivity index (χ4v) is 4.70. The number of nitrogens with one attached hydrogen (secondary N) is 1. The Kier molecular flexibility index (Phi) is 6.84. The number of benzene rings is 3. The standard InChI is InChI=1S/C29H26N2O2S/c32-29(30-25-12-14-26(15-13-25)31-16-18-33-19-17-31)28(21-27-7-4-20-34-27)24-10-8-23(9-11-24)22-5-2-1-3-6-22/h1-15,20-21H,16-19H2,(H,30,32)/b28-21-. The molecule has 1 N–H and O–H groups in total. The summed E-state index contributed by atoms with van der Waals surface area (Å²) in [6.45, 7) is 3.27. The molecule has 170 valence electrons. The van der Waals surface area contributed by atoms with E-state index in [0.29, 0.717) is 5.57 Å². The van der Waals surface area contributed by atoms with Gasteiger partial charge < -0.3 is 15.0 Å². The van der Waals surface area contributed by atoms with E-state index in [-0.39, 0.29) is 5.91 Å². The van der Waals surface area contributed by atoms with Gasteiger partial charge in [-0.05, 0) is 58.5 Å². The average molecular weight is 467 g/mol. The lowest BCUT2D eigenvalue weighted by atomic mass is 9.99. The van der Waals surface area contributed by atoms with Crippen LogP contribution in [0.2, 0.25) is 0 Å². The highest BCUT2D eigenvalue weighted by Gasteiger charge is 2.15. The molecule has 0 atom stereocenters. The molecule has 2 heterocycles. The first-order valence-corrected chi connectivity index (χ1v) is 12.3. The van der Waals surface area contributed by atoms with Gasteiger partial charge in [0.2, 0.25) is 0 Å². The Balaban J connectivity index is 1.37. The quantitative estimate of drug-likeness (QED) is 0.333. The lowest BCUT2D eigenvalue weighted by molar-refractivity contribution is -0.111. The van der Waals surface area contributed by atoms with Crippen molar-refractivity contribution in [3.8, 4) is 11.1 Å². The molecule has 5 rings (SSSR count). The van der Waals surface area contributed by atoms with E-state index in [1.54, 1.807) is 11.3 Å². The van der Waals surface area contributed by atoms with Crippen LogP contribution in [0.15, 0.2) is 96.4 Å². The van der Waals surface area contributed by atoms with E-state index in [4.69, 9.17) is 4.74 Å². The minimum atomic E-state index is -0.125. The first-order valence-electron chi connectivity index (χ1n) is 11.4. The third-order valence-electron chi connectivity index (χ3n) is 5.88. The lowest BCUT2D eigenvalue weighted by Gasteiger charge is -2.28. The molecule has 1 aromatic heterocycles. The van der Waals surface area contributed by atoms with Crippen molar-refractivity contribution in [3.63, 3.8) is 0 Å². The van der Waals surface area contributed by atoms with Crippen LogP contribution in [-0.2, 0) is 9.53 Å². The molecule has 5 heteroatoms. The maximum Gasteiger partial charge on any atom is 0.256 e. The SMILES string of the molecule is O=C(Nc1ccc(N2CCOCC2)cc1)/C(=C\c1cccs1)c1ccc(-c2ccccc2)cc1. The summed E-state index contributed by atoms with van der Waals surface area (Å²) in [5, 5.41) is 5.10. The van der Waals surface area contributed by atoms with Crippen molar-refractivity contribution in [1.82, 2.24) is 0 Å². The van der Waals surface area contributed by atoms with Crippen LogP contribution < -0.4 is 10.2 Å². The van der Waals surface area contributed by atoms with Crippen LogP contribution in [0.1, 0.15) is 10.4 Å². The maximum atomic E-state index is 13.4. The number of hydrogen-bond acceptors (Lipinski definition) is 4. The van der Waals surface area contributed by atoms with Crippen molar-refractivity contribution in [1.29, 1.82) is 0 Å². The van der Waals surface area contributed by atoms with Gasteiger partial charge in [-0.3, -0.25) is 4.79 Å². The van der Waals surface area contributed by atoms with E-state index < -0.39 is 0 Å². The van der Waals surface area contributed by atoms with E-state index in [9.17, 15) is 4.79 Å². The number of anilines is 2. The third-order valence-corrected chi connectivity index (χ3v) is 6.70. The van der Waals surface area contributed by atoms with Gasteiger partial charge in [0, 0.05) is 34.9 Å². The van der Waals surface area contributed by atoms with Crippen molar-refractivity contribution in [2.24, 2.45) is 0 Å². The van der Waals surface area contributed by atoms with Gasteiger partial charge in [-0.1, -0.05) is 60.7 Å². The first-order chi connectivity index (χ1) is 16.8.